The maximum absolute atomic E-state index is 13.6. The summed E-state index contributed by atoms with van der Waals surface area (Å²) in [6.45, 7) is 5.32. The van der Waals surface area contributed by atoms with Gasteiger partial charge in [-0.3, -0.25) is 14.4 Å². The first kappa shape index (κ1) is 24.0. The molecular formula is C28H28O5S. The highest BCUT2D eigenvalue weighted by molar-refractivity contribution is 8.13. The molecule has 0 radical (unpaired) electrons. The quantitative estimate of drug-likeness (QED) is 0.246. The molecular weight excluding hydrogens is 448 g/mol. The summed E-state index contributed by atoms with van der Waals surface area (Å²) < 4.78 is 11.0. The molecule has 3 aromatic rings. The van der Waals surface area contributed by atoms with Crippen LogP contribution in [-0.2, 0) is 20.7 Å². The van der Waals surface area contributed by atoms with Crippen molar-refractivity contribution in [1.29, 1.82) is 0 Å². The third kappa shape index (κ3) is 4.73. The summed E-state index contributed by atoms with van der Waals surface area (Å²) in [7, 11) is 1.53. The number of methoxy groups -OCH3 is 1. The third-order valence-electron chi connectivity index (χ3n) is 6.01. The minimum Gasteiger partial charge on any atom is -0.497 e. The number of Topliss-reactive ketones (excluding diaryl/α,β-unsaturated/α-hetero) is 1. The lowest BCUT2D eigenvalue weighted by atomic mass is 9.79. The van der Waals surface area contributed by atoms with E-state index in [2.05, 4.69) is 0 Å². The number of rotatable bonds is 6. The van der Waals surface area contributed by atoms with Crippen molar-refractivity contribution in [3.63, 3.8) is 0 Å². The Morgan fingerprint density at radius 1 is 1.03 bits per heavy atom. The van der Waals surface area contributed by atoms with Crippen molar-refractivity contribution in [2.75, 3.05) is 7.11 Å². The molecule has 3 aromatic carbocycles. The molecule has 0 unspecified atom stereocenters. The molecule has 0 heterocycles. The fourth-order valence-corrected chi connectivity index (χ4v) is 5.22. The second-order valence-electron chi connectivity index (χ2n) is 9.56. The molecule has 0 N–H and O–H groups in total. The molecule has 0 aromatic heterocycles. The van der Waals surface area contributed by atoms with E-state index >= 15 is 0 Å². The first-order chi connectivity index (χ1) is 16.1. The number of carbonyl (C=O) groups is 3. The van der Waals surface area contributed by atoms with Crippen LogP contribution in [0.3, 0.4) is 0 Å². The molecule has 6 heteroatoms. The molecule has 0 fully saturated rings. The molecule has 0 amide bonds. The summed E-state index contributed by atoms with van der Waals surface area (Å²) in [5.74, 6) is -0.337. The fourth-order valence-electron chi connectivity index (χ4n) is 4.33. The second-order valence-corrected chi connectivity index (χ2v) is 10.7. The van der Waals surface area contributed by atoms with Crippen LogP contribution < -0.4 is 4.74 Å². The monoisotopic (exact) mass is 476 g/mol. The minimum atomic E-state index is -1.42. The average molecular weight is 477 g/mol. The molecule has 4 rings (SSSR count). The largest absolute Gasteiger partial charge is 0.497 e. The molecule has 0 bridgehead atoms. The zero-order chi connectivity index (χ0) is 24.5. The average Bonchev–Trinajstić information content (AvgIpc) is 3.09. The van der Waals surface area contributed by atoms with Gasteiger partial charge in [0.1, 0.15) is 16.8 Å². The zero-order valence-corrected chi connectivity index (χ0v) is 20.7. The van der Waals surface area contributed by atoms with Gasteiger partial charge in [-0.15, -0.1) is 0 Å². The van der Waals surface area contributed by atoms with E-state index in [1.165, 1.54) is 7.11 Å². The fraction of sp³-hybridized carbons (Fsp3) is 0.321. The minimum absolute atomic E-state index is 0.0734. The van der Waals surface area contributed by atoms with Crippen molar-refractivity contribution < 1.29 is 23.9 Å². The van der Waals surface area contributed by atoms with Crippen LogP contribution in [0.2, 0.25) is 0 Å². The Hall–Kier alpha value is -3.12. The van der Waals surface area contributed by atoms with Crippen LogP contribution in [0.4, 0.5) is 0 Å². The van der Waals surface area contributed by atoms with Crippen LogP contribution >= 0.6 is 11.8 Å². The van der Waals surface area contributed by atoms with Crippen molar-refractivity contribution in [3.05, 3.63) is 71.8 Å². The summed E-state index contributed by atoms with van der Waals surface area (Å²) in [6.07, 6.45) is 0.380. The van der Waals surface area contributed by atoms with E-state index in [0.29, 0.717) is 11.3 Å². The number of hydrogen-bond donors (Lipinski definition) is 0. The maximum Gasteiger partial charge on any atom is 0.320 e. The summed E-state index contributed by atoms with van der Waals surface area (Å²) in [6, 6.07) is 19.0. The van der Waals surface area contributed by atoms with Crippen molar-refractivity contribution >= 4 is 39.4 Å². The third-order valence-corrected chi connectivity index (χ3v) is 7.02. The molecule has 0 saturated carbocycles. The highest BCUT2D eigenvalue weighted by Crippen LogP contribution is 2.44. The number of ketones is 1. The van der Waals surface area contributed by atoms with Crippen molar-refractivity contribution in [1.82, 2.24) is 0 Å². The topological polar surface area (TPSA) is 69.7 Å². The number of hydrogen-bond acceptors (Lipinski definition) is 6. The van der Waals surface area contributed by atoms with E-state index in [0.717, 1.165) is 33.0 Å². The van der Waals surface area contributed by atoms with Gasteiger partial charge in [0.25, 0.3) is 0 Å². The van der Waals surface area contributed by atoms with E-state index in [9.17, 15) is 14.4 Å². The highest BCUT2D eigenvalue weighted by atomic mass is 32.2. The van der Waals surface area contributed by atoms with Gasteiger partial charge in [-0.05, 0) is 68.1 Å². The van der Waals surface area contributed by atoms with E-state index in [4.69, 9.17) is 9.47 Å². The first-order valence-electron chi connectivity index (χ1n) is 11.3. The Balaban J connectivity index is 1.59. The standard InChI is InChI=1S/C28H28O5S/c1-27(2,3)33-26(31)28(17-19-12-13-20(32-4)16-22(19)25(28)30)15-14-24(29)34-23-11-7-9-18-8-5-6-10-21(18)23/h5-13,16H,14-15,17H2,1-4H3/t28-/m0/s1. The molecule has 0 aliphatic heterocycles. The van der Waals surface area contributed by atoms with Crippen molar-refractivity contribution in [2.45, 2.75) is 50.5 Å². The lowest BCUT2D eigenvalue weighted by Crippen LogP contribution is -2.42. The summed E-state index contributed by atoms with van der Waals surface area (Å²) >= 11 is 1.15. The number of ether oxygens (including phenoxy) is 2. The smallest absolute Gasteiger partial charge is 0.320 e. The molecule has 176 valence electrons. The van der Waals surface area contributed by atoms with Gasteiger partial charge in [0.15, 0.2) is 10.9 Å². The second kappa shape index (κ2) is 9.26. The van der Waals surface area contributed by atoms with Gasteiger partial charge < -0.3 is 9.47 Å². The predicted octanol–water partition coefficient (Wildman–Crippen LogP) is 6.01. The normalized spacial score (nSPS) is 17.5. The lowest BCUT2D eigenvalue weighted by molar-refractivity contribution is -0.164. The van der Waals surface area contributed by atoms with Crippen molar-refractivity contribution in [3.8, 4) is 5.75 Å². The molecule has 34 heavy (non-hydrogen) atoms. The predicted molar refractivity (Wildman–Crippen MR) is 133 cm³/mol. The Morgan fingerprint density at radius 2 is 1.76 bits per heavy atom. The molecule has 0 saturated heterocycles. The Labute approximate surface area is 203 Å². The number of fused-ring (bicyclic) bond motifs is 2. The van der Waals surface area contributed by atoms with Gasteiger partial charge in [-0.2, -0.15) is 0 Å². The number of carbonyl (C=O) groups excluding carboxylic acids is 3. The van der Waals surface area contributed by atoms with Gasteiger partial charge in [0.05, 0.1) is 7.11 Å². The summed E-state index contributed by atoms with van der Waals surface area (Å²) in [4.78, 5) is 40.8. The van der Waals surface area contributed by atoms with Crippen LogP contribution in [-0.4, -0.2) is 29.6 Å². The molecule has 5 nitrogen and oxygen atoms in total. The van der Waals surface area contributed by atoms with Crippen LogP contribution in [0.15, 0.2) is 65.6 Å². The maximum atomic E-state index is 13.6. The van der Waals surface area contributed by atoms with E-state index < -0.39 is 17.0 Å². The van der Waals surface area contributed by atoms with Gasteiger partial charge in [0.2, 0.25) is 0 Å². The van der Waals surface area contributed by atoms with Crippen LogP contribution in [0.1, 0.15) is 49.5 Å². The molecule has 0 spiro atoms. The van der Waals surface area contributed by atoms with E-state index in [1.54, 1.807) is 32.9 Å². The van der Waals surface area contributed by atoms with Gasteiger partial charge in [0, 0.05) is 16.9 Å². The Kier molecular flexibility index (Phi) is 6.54. The first-order valence-corrected chi connectivity index (χ1v) is 12.1. The SMILES string of the molecule is COc1ccc2c(c1)C(=O)[C@@](CCC(=O)Sc1cccc3ccccc13)(C(=O)OC(C)(C)C)C2. The van der Waals surface area contributed by atoms with Gasteiger partial charge >= 0.3 is 5.97 Å². The Morgan fingerprint density at radius 3 is 2.50 bits per heavy atom. The molecule has 1 aliphatic carbocycles. The van der Waals surface area contributed by atoms with Gasteiger partial charge in [-0.1, -0.05) is 54.2 Å². The summed E-state index contributed by atoms with van der Waals surface area (Å²) in [5.41, 5.74) is -0.944. The van der Waals surface area contributed by atoms with Crippen molar-refractivity contribution in [2.24, 2.45) is 5.41 Å². The molecule has 1 atom stereocenters. The number of benzene rings is 3. The number of thioether (sulfide) groups is 1. The Bertz CT molecular complexity index is 1270. The summed E-state index contributed by atoms with van der Waals surface area (Å²) in [5, 5.41) is 1.96. The van der Waals surface area contributed by atoms with Crippen LogP contribution in [0, 0.1) is 5.41 Å². The van der Waals surface area contributed by atoms with Crippen LogP contribution in [0.25, 0.3) is 10.8 Å². The highest BCUT2D eigenvalue weighted by Gasteiger charge is 2.53. The molecule has 1 aliphatic rings. The van der Waals surface area contributed by atoms with E-state index in [-0.39, 0.29) is 30.2 Å². The lowest BCUT2D eigenvalue weighted by Gasteiger charge is -2.29. The van der Waals surface area contributed by atoms with Crippen LogP contribution in [0.5, 0.6) is 5.75 Å². The van der Waals surface area contributed by atoms with Gasteiger partial charge in [-0.25, -0.2) is 0 Å². The van der Waals surface area contributed by atoms with E-state index in [1.807, 2.05) is 48.5 Å². The zero-order valence-electron chi connectivity index (χ0n) is 19.8. The number of esters is 1.